The van der Waals surface area contributed by atoms with Crippen molar-refractivity contribution in [3.8, 4) is 0 Å². The SMILES string of the molecule is O=C1C2CC3CC(C(=O)O)(C2)CC13. The first-order valence-corrected chi connectivity index (χ1v) is 4.89. The Kier molecular flexibility index (Phi) is 1.14. The molecule has 0 aliphatic heterocycles. The second kappa shape index (κ2) is 1.97. The van der Waals surface area contributed by atoms with E-state index in [1.165, 1.54) is 0 Å². The number of carbonyl (C=O) groups is 2. The van der Waals surface area contributed by atoms with E-state index in [1.54, 1.807) is 0 Å². The zero-order valence-electron chi connectivity index (χ0n) is 7.32. The maximum absolute atomic E-state index is 11.6. The monoisotopic (exact) mass is 180 g/mol. The molecule has 0 aromatic rings. The van der Waals surface area contributed by atoms with Gasteiger partial charge < -0.3 is 5.11 Å². The van der Waals surface area contributed by atoms with Crippen molar-refractivity contribution in [1.82, 2.24) is 0 Å². The molecule has 70 valence electrons. The summed E-state index contributed by atoms with van der Waals surface area (Å²) in [7, 11) is 0. The fourth-order valence-corrected chi connectivity index (χ4v) is 3.76. The van der Waals surface area contributed by atoms with E-state index in [-0.39, 0.29) is 11.8 Å². The van der Waals surface area contributed by atoms with Gasteiger partial charge in [-0.25, -0.2) is 0 Å². The zero-order valence-corrected chi connectivity index (χ0v) is 7.32. The molecule has 0 saturated heterocycles. The van der Waals surface area contributed by atoms with Gasteiger partial charge in [-0.05, 0) is 31.6 Å². The Balaban J connectivity index is 2.02. The fraction of sp³-hybridized carbons (Fsp3) is 0.800. The molecular formula is C10H12O3. The van der Waals surface area contributed by atoms with E-state index in [9.17, 15) is 9.59 Å². The van der Waals surface area contributed by atoms with Gasteiger partial charge in [0.25, 0.3) is 0 Å². The molecule has 0 spiro atoms. The second-order valence-corrected chi connectivity index (χ2v) is 4.90. The number of ketones is 1. The topological polar surface area (TPSA) is 54.4 Å². The van der Waals surface area contributed by atoms with Crippen molar-refractivity contribution in [3.05, 3.63) is 0 Å². The van der Waals surface area contributed by atoms with Gasteiger partial charge in [0.15, 0.2) is 0 Å². The van der Waals surface area contributed by atoms with Crippen LogP contribution in [-0.2, 0) is 9.59 Å². The molecule has 0 aromatic heterocycles. The van der Waals surface area contributed by atoms with E-state index in [4.69, 9.17) is 5.11 Å². The van der Waals surface area contributed by atoms with Crippen molar-refractivity contribution in [3.63, 3.8) is 0 Å². The van der Waals surface area contributed by atoms with Crippen molar-refractivity contribution in [2.45, 2.75) is 25.7 Å². The van der Waals surface area contributed by atoms with Crippen LogP contribution in [0.4, 0.5) is 0 Å². The van der Waals surface area contributed by atoms with Gasteiger partial charge in [0.05, 0.1) is 5.41 Å². The lowest BCUT2D eigenvalue weighted by atomic mass is 9.69. The summed E-state index contributed by atoms with van der Waals surface area (Å²) >= 11 is 0. The van der Waals surface area contributed by atoms with Crippen LogP contribution in [0.1, 0.15) is 25.7 Å². The molecule has 3 heteroatoms. The zero-order chi connectivity index (χ0) is 9.22. The number of Topliss-reactive ketones (excluding diaryl/α,β-unsaturated/α-hetero) is 1. The molecule has 0 radical (unpaired) electrons. The van der Waals surface area contributed by atoms with Crippen LogP contribution >= 0.6 is 0 Å². The van der Waals surface area contributed by atoms with E-state index in [0.29, 0.717) is 24.5 Å². The van der Waals surface area contributed by atoms with Gasteiger partial charge in [-0.3, -0.25) is 9.59 Å². The fourth-order valence-electron chi connectivity index (χ4n) is 3.76. The number of carboxylic acids is 1. The highest BCUT2D eigenvalue weighted by molar-refractivity contribution is 5.91. The van der Waals surface area contributed by atoms with Gasteiger partial charge >= 0.3 is 5.97 Å². The molecule has 1 N–H and O–H groups in total. The molecule has 4 saturated carbocycles. The number of hydrogen-bond donors (Lipinski definition) is 1. The Morgan fingerprint density at radius 1 is 1.38 bits per heavy atom. The summed E-state index contributed by atoms with van der Waals surface area (Å²) in [6, 6.07) is 0. The number of carbonyl (C=O) groups excluding carboxylic acids is 1. The molecule has 4 aliphatic carbocycles. The molecule has 4 aliphatic rings. The minimum absolute atomic E-state index is 0.0913. The highest BCUT2D eigenvalue weighted by Gasteiger charge is 2.63. The summed E-state index contributed by atoms with van der Waals surface area (Å²) in [5.41, 5.74) is -0.508. The standard InChI is InChI=1S/C10H12O3/c11-8-6-1-5-2-10(3-6,9(12)13)4-7(5)8/h5-7H,1-4H2,(H,12,13). The first-order valence-electron chi connectivity index (χ1n) is 4.89. The third kappa shape index (κ3) is 0.713. The summed E-state index contributed by atoms with van der Waals surface area (Å²) in [5.74, 6) is 0.294. The normalized spacial score (nSPS) is 51.7. The average molecular weight is 180 g/mol. The largest absolute Gasteiger partial charge is 0.481 e. The molecule has 3 nitrogen and oxygen atoms in total. The van der Waals surface area contributed by atoms with Gasteiger partial charge in [0, 0.05) is 11.8 Å². The van der Waals surface area contributed by atoms with Gasteiger partial charge in [0.1, 0.15) is 5.78 Å². The Hall–Kier alpha value is -0.860. The van der Waals surface area contributed by atoms with E-state index < -0.39 is 11.4 Å². The molecular weight excluding hydrogens is 168 g/mol. The molecule has 4 bridgehead atoms. The second-order valence-electron chi connectivity index (χ2n) is 4.90. The third-order valence-corrected chi connectivity index (χ3v) is 4.28. The molecule has 0 aromatic carbocycles. The van der Waals surface area contributed by atoms with Crippen LogP contribution in [0, 0.1) is 23.2 Å². The average Bonchev–Trinajstić information content (AvgIpc) is 2.46. The quantitative estimate of drug-likeness (QED) is 0.656. The number of aliphatic carboxylic acids is 1. The summed E-state index contributed by atoms with van der Waals surface area (Å²) < 4.78 is 0. The lowest BCUT2D eigenvalue weighted by Gasteiger charge is -2.33. The number of carboxylic acid groups (broad SMARTS) is 1. The van der Waals surface area contributed by atoms with E-state index in [0.717, 1.165) is 12.8 Å². The Bertz CT molecular complexity index is 305. The predicted octanol–water partition coefficient (Wildman–Crippen LogP) is 1.08. The smallest absolute Gasteiger partial charge is 0.309 e. The van der Waals surface area contributed by atoms with Crippen molar-refractivity contribution in [1.29, 1.82) is 0 Å². The summed E-state index contributed by atoms with van der Waals surface area (Å²) in [6.07, 6.45) is 2.98. The molecule has 13 heavy (non-hydrogen) atoms. The predicted molar refractivity (Wildman–Crippen MR) is 44.0 cm³/mol. The van der Waals surface area contributed by atoms with Crippen molar-refractivity contribution in [2.75, 3.05) is 0 Å². The van der Waals surface area contributed by atoms with Crippen molar-refractivity contribution in [2.24, 2.45) is 23.2 Å². The van der Waals surface area contributed by atoms with Crippen LogP contribution in [0.15, 0.2) is 0 Å². The molecule has 4 unspecified atom stereocenters. The Labute approximate surface area is 76.1 Å². The van der Waals surface area contributed by atoms with Crippen LogP contribution in [0.25, 0.3) is 0 Å². The lowest BCUT2D eigenvalue weighted by molar-refractivity contribution is -0.153. The lowest BCUT2D eigenvalue weighted by Crippen LogP contribution is -2.38. The van der Waals surface area contributed by atoms with Crippen LogP contribution in [0.5, 0.6) is 0 Å². The summed E-state index contributed by atoms with van der Waals surface area (Å²) in [5, 5.41) is 9.13. The van der Waals surface area contributed by atoms with Crippen LogP contribution in [-0.4, -0.2) is 16.9 Å². The minimum atomic E-state index is -0.669. The summed E-state index contributed by atoms with van der Waals surface area (Å²) in [4.78, 5) is 22.7. The van der Waals surface area contributed by atoms with Crippen LogP contribution in [0.3, 0.4) is 0 Å². The molecule has 4 atom stereocenters. The van der Waals surface area contributed by atoms with Crippen molar-refractivity contribution >= 4 is 11.8 Å². The maximum atomic E-state index is 11.6. The van der Waals surface area contributed by atoms with Gasteiger partial charge in [-0.2, -0.15) is 0 Å². The molecule has 0 heterocycles. The maximum Gasteiger partial charge on any atom is 0.309 e. The van der Waals surface area contributed by atoms with Gasteiger partial charge in [0.2, 0.25) is 0 Å². The molecule has 0 amide bonds. The van der Waals surface area contributed by atoms with Crippen LogP contribution in [0.2, 0.25) is 0 Å². The highest BCUT2D eigenvalue weighted by atomic mass is 16.4. The number of hydrogen-bond acceptors (Lipinski definition) is 2. The van der Waals surface area contributed by atoms with E-state index >= 15 is 0 Å². The number of rotatable bonds is 1. The highest BCUT2D eigenvalue weighted by Crippen LogP contribution is 2.62. The van der Waals surface area contributed by atoms with Gasteiger partial charge in [-0.1, -0.05) is 0 Å². The first kappa shape index (κ1) is 7.54. The van der Waals surface area contributed by atoms with E-state index in [2.05, 4.69) is 0 Å². The van der Waals surface area contributed by atoms with E-state index in [1.807, 2.05) is 0 Å². The molecule has 4 rings (SSSR count). The van der Waals surface area contributed by atoms with Crippen molar-refractivity contribution < 1.29 is 14.7 Å². The third-order valence-electron chi connectivity index (χ3n) is 4.28. The van der Waals surface area contributed by atoms with Gasteiger partial charge in [-0.15, -0.1) is 0 Å². The summed E-state index contributed by atoms with van der Waals surface area (Å²) in [6.45, 7) is 0. The minimum Gasteiger partial charge on any atom is -0.481 e. The molecule has 4 fully saturated rings. The van der Waals surface area contributed by atoms with Crippen LogP contribution < -0.4 is 0 Å². The first-order chi connectivity index (χ1) is 6.12. The Morgan fingerprint density at radius 2 is 2.15 bits per heavy atom. The Morgan fingerprint density at radius 3 is 2.69 bits per heavy atom.